The number of benzene rings is 2. The molecule has 1 heterocycles. The van der Waals surface area contributed by atoms with E-state index in [1.54, 1.807) is 0 Å². The molecule has 2 aromatic rings. The lowest BCUT2D eigenvalue weighted by atomic mass is 9.98. The third-order valence-corrected chi connectivity index (χ3v) is 7.22. The number of rotatable bonds is 5. The maximum atomic E-state index is 13.2. The van der Waals surface area contributed by atoms with Gasteiger partial charge in [0.05, 0.1) is 21.9 Å². The van der Waals surface area contributed by atoms with Crippen LogP contribution in [0.5, 0.6) is 0 Å². The van der Waals surface area contributed by atoms with E-state index in [0.717, 1.165) is 28.6 Å². The Labute approximate surface area is 186 Å². The molecule has 0 bridgehead atoms. The molecule has 0 radical (unpaired) electrons. The monoisotopic (exact) mass is 495 g/mol. The van der Waals surface area contributed by atoms with E-state index in [0.29, 0.717) is 11.6 Å². The lowest BCUT2D eigenvalue weighted by Crippen LogP contribution is -2.41. The Kier molecular flexibility index (Phi) is 7.08. The van der Waals surface area contributed by atoms with E-state index in [2.05, 4.69) is 0 Å². The molecule has 1 saturated heterocycles. The molecule has 0 spiro atoms. The highest BCUT2D eigenvalue weighted by molar-refractivity contribution is 7.89. The zero-order valence-corrected chi connectivity index (χ0v) is 17.8. The summed E-state index contributed by atoms with van der Waals surface area (Å²) in [6.07, 6.45) is -9.24. The average molecular weight is 495 g/mol. The van der Waals surface area contributed by atoms with Crippen molar-refractivity contribution in [1.82, 2.24) is 4.31 Å². The molecule has 1 aliphatic rings. The summed E-state index contributed by atoms with van der Waals surface area (Å²) >= 11 is 0. The minimum Gasteiger partial charge on any atom is -0.461 e. The Balaban J connectivity index is 1.59. The number of nitrogens with zero attached hydrogens (tertiary/aromatic N) is 1. The lowest BCUT2D eigenvalue weighted by Gasteiger charge is -2.30. The van der Waals surface area contributed by atoms with Gasteiger partial charge in [-0.1, -0.05) is 24.3 Å². The van der Waals surface area contributed by atoms with Crippen molar-refractivity contribution in [1.29, 1.82) is 0 Å². The van der Waals surface area contributed by atoms with Crippen molar-refractivity contribution in [2.24, 2.45) is 5.92 Å². The molecule has 0 saturated carbocycles. The molecule has 33 heavy (non-hydrogen) atoms. The zero-order valence-electron chi connectivity index (χ0n) is 17.0. The van der Waals surface area contributed by atoms with Gasteiger partial charge in [0.2, 0.25) is 10.0 Å². The molecule has 3 rings (SSSR count). The summed E-state index contributed by atoms with van der Waals surface area (Å²) < 4.78 is 109. The number of esters is 1. The second-order valence-corrected chi connectivity index (χ2v) is 9.38. The molecular formula is C21H19F6NO4S. The van der Waals surface area contributed by atoms with E-state index in [4.69, 9.17) is 4.74 Å². The summed E-state index contributed by atoms with van der Waals surface area (Å²) in [5.41, 5.74) is -1.75. The number of piperidine rings is 1. The van der Waals surface area contributed by atoms with E-state index < -0.39 is 50.3 Å². The second-order valence-electron chi connectivity index (χ2n) is 7.47. The fraction of sp³-hybridized carbons (Fsp3) is 0.381. The van der Waals surface area contributed by atoms with Gasteiger partial charge < -0.3 is 4.74 Å². The van der Waals surface area contributed by atoms with Crippen molar-refractivity contribution in [3.05, 3.63) is 65.2 Å². The van der Waals surface area contributed by atoms with Crippen LogP contribution in [0.4, 0.5) is 26.3 Å². The highest BCUT2D eigenvalue weighted by Crippen LogP contribution is 2.36. The smallest absolute Gasteiger partial charge is 0.417 e. The van der Waals surface area contributed by atoms with Crippen LogP contribution in [0.1, 0.15) is 29.5 Å². The predicted octanol–water partition coefficient (Wildman–Crippen LogP) is 4.87. The van der Waals surface area contributed by atoms with Crippen LogP contribution in [0.2, 0.25) is 0 Å². The fourth-order valence-electron chi connectivity index (χ4n) is 3.46. The summed E-state index contributed by atoms with van der Waals surface area (Å²) in [4.78, 5) is 11.4. The molecule has 2 aromatic carbocycles. The first kappa shape index (κ1) is 25.0. The van der Waals surface area contributed by atoms with Crippen LogP contribution in [0.3, 0.4) is 0 Å². The Morgan fingerprint density at radius 2 is 1.48 bits per heavy atom. The predicted molar refractivity (Wildman–Crippen MR) is 104 cm³/mol. The van der Waals surface area contributed by atoms with Gasteiger partial charge in [-0.25, -0.2) is 8.42 Å². The Bertz CT molecular complexity index is 1090. The number of hydrogen-bond acceptors (Lipinski definition) is 4. The van der Waals surface area contributed by atoms with Crippen LogP contribution in [-0.4, -0.2) is 31.8 Å². The number of sulfonamides is 1. The van der Waals surface area contributed by atoms with Gasteiger partial charge >= 0.3 is 18.3 Å². The largest absolute Gasteiger partial charge is 0.461 e. The maximum absolute atomic E-state index is 13.2. The minimum atomic E-state index is -4.84. The number of ether oxygens (including phenoxy) is 1. The molecule has 0 aliphatic carbocycles. The van der Waals surface area contributed by atoms with Gasteiger partial charge in [0.15, 0.2) is 0 Å². The first-order valence-corrected chi connectivity index (χ1v) is 11.2. The molecule has 0 atom stereocenters. The molecule has 0 amide bonds. The molecule has 0 N–H and O–H groups in total. The topological polar surface area (TPSA) is 63.7 Å². The van der Waals surface area contributed by atoms with Gasteiger partial charge in [0.25, 0.3) is 0 Å². The van der Waals surface area contributed by atoms with E-state index in [1.807, 2.05) is 0 Å². The lowest BCUT2D eigenvalue weighted by molar-refractivity contribution is -0.151. The quantitative estimate of drug-likeness (QED) is 0.439. The highest BCUT2D eigenvalue weighted by atomic mass is 32.2. The summed E-state index contributed by atoms with van der Waals surface area (Å²) in [7, 11) is -4.43. The van der Waals surface area contributed by atoms with Gasteiger partial charge in [-0.2, -0.15) is 30.6 Å². The van der Waals surface area contributed by atoms with E-state index >= 15 is 0 Å². The van der Waals surface area contributed by atoms with Crippen molar-refractivity contribution >= 4 is 16.0 Å². The van der Waals surface area contributed by atoms with Crippen LogP contribution in [0.25, 0.3) is 0 Å². The molecule has 5 nitrogen and oxygen atoms in total. The van der Waals surface area contributed by atoms with Gasteiger partial charge in [0.1, 0.15) is 6.61 Å². The standard InChI is InChI=1S/C21H19F6NO4S/c22-20(23,24)16-7-5-14(6-8-16)13-32-19(29)15-9-11-28(12-10-15)33(30,31)18-4-2-1-3-17(18)21(25,26)27/h1-8,15H,9-13H2. The summed E-state index contributed by atoms with van der Waals surface area (Å²) in [5, 5.41) is 0. The van der Waals surface area contributed by atoms with Crippen LogP contribution < -0.4 is 0 Å². The van der Waals surface area contributed by atoms with Crippen molar-refractivity contribution in [2.45, 2.75) is 36.7 Å². The van der Waals surface area contributed by atoms with Gasteiger partial charge in [-0.05, 0) is 42.7 Å². The molecule has 0 unspecified atom stereocenters. The van der Waals surface area contributed by atoms with Crippen LogP contribution in [0.15, 0.2) is 53.4 Å². The molecule has 1 fully saturated rings. The number of carbonyl (C=O) groups is 1. The molecule has 1 aliphatic heterocycles. The third kappa shape index (κ3) is 5.85. The fourth-order valence-corrected chi connectivity index (χ4v) is 5.14. The summed E-state index contributed by atoms with van der Waals surface area (Å²) in [5.74, 6) is -1.33. The number of halogens is 6. The van der Waals surface area contributed by atoms with Crippen molar-refractivity contribution < 1.29 is 44.3 Å². The van der Waals surface area contributed by atoms with Crippen LogP contribution >= 0.6 is 0 Å². The normalized spacial score (nSPS) is 16.5. The maximum Gasteiger partial charge on any atom is 0.417 e. The Hall–Kier alpha value is -2.60. The number of carbonyl (C=O) groups excluding carboxylic acids is 1. The Morgan fingerprint density at radius 3 is 2.03 bits per heavy atom. The zero-order chi connectivity index (χ0) is 24.4. The van der Waals surface area contributed by atoms with E-state index in [1.165, 1.54) is 18.2 Å². The van der Waals surface area contributed by atoms with Crippen molar-refractivity contribution in [2.75, 3.05) is 13.1 Å². The molecule has 0 aromatic heterocycles. The number of hydrogen-bond donors (Lipinski definition) is 0. The first-order valence-electron chi connectivity index (χ1n) is 9.79. The van der Waals surface area contributed by atoms with Crippen molar-refractivity contribution in [3.63, 3.8) is 0 Å². The van der Waals surface area contributed by atoms with E-state index in [9.17, 15) is 39.6 Å². The molecular weight excluding hydrogens is 476 g/mol. The van der Waals surface area contributed by atoms with Gasteiger partial charge in [0, 0.05) is 13.1 Å². The van der Waals surface area contributed by atoms with Crippen LogP contribution in [0, 0.1) is 5.92 Å². The summed E-state index contributed by atoms with van der Waals surface area (Å²) in [6.45, 7) is -0.600. The number of alkyl halides is 6. The average Bonchev–Trinajstić information content (AvgIpc) is 2.76. The molecule has 12 heteroatoms. The highest BCUT2D eigenvalue weighted by Gasteiger charge is 2.40. The van der Waals surface area contributed by atoms with Crippen LogP contribution in [-0.2, 0) is 38.5 Å². The molecule has 180 valence electrons. The van der Waals surface area contributed by atoms with Crippen molar-refractivity contribution in [3.8, 4) is 0 Å². The Morgan fingerprint density at radius 1 is 0.909 bits per heavy atom. The third-order valence-electron chi connectivity index (χ3n) is 5.26. The second kappa shape index (κ2) is 9.34. The SMILES string of the molecule is O=C(OCc1ccc(C(F)(F)F)cc1)C1CCN(S(=O)(=O)c2ccccc2C(F)(F)F)CC1. The summed E-state index contributed by atoms with van der Waals surface area (Å²) in [6, 6.07) is 7.98. The minimum absolute atomic E-state index is 0.0409. The first-order chi connectivity index (χ1) is 15.3. The van der Waals surface area contributed by atoms with E-state index in [-0.39, 0.29) is 32.5 Å². The van der Waals surface area contributed by atoms with Gasteiger partial charge in [-0.15, -0.1) is 0 Å². The van der Waals surface area contributed by atoms with Gasteiger partial charge in [-0.3, -0.25) is 4.79 Å².